The molecule has 1 atom stereocenters. The summed E-state index contributed by atoms with van der Waals surface area (Å²) in [7, 11) is -3.45. The van der Waals surface area contributed by atoms with Crippen LogP contribution in [0.1, 0.15) is 23.7 Å². The molecule has 0 fully saturated rings. The van der Waals surface area contributed by atoms with Gasteiger partial charge in [-0.2, -0.15) is 0 Å². The van der Waals surface area contributed by atoms with E-state index in [2.05, 4.69) is 0 Å². The number of rotatable bonds is 5. The minimum atomic E-state index is -3.45. The van der Waals surface area contributed by atoms with E-state index in [1.165, 1.54) is 31.2 Å². The lowest BCUT2D eigenvalue weighted by molar-refractivity contribution is 0.0696. The van der Waals surface area contributed by atoms with E-state index in [4.69, 9.17) is 10.2 Å². The lowest BCUT2D eigenvalue weighted by atomic mass is 10.2. The van der Waals surface area contributed by atoms with Crippen molar-refractivity contribution >= 4 is 15.8 Å². The molecule has 1 aromatic rings. The van der Waals surface area contributed by atoms with Crippen molar-refractivity contribution < 1.29 is 23.4 Å². The summed E-state index contributed by atoms with van der Waals surface area (Å²) in [6, 6.07) is 5.02. The highest BCUT2D eigenvalue weighted by Crippen LogP contribution is 2.14. The van der Waals surface area contributed by atoms with Gasteiger partial charge >= 0.3 is 5.97 Å². The number of carboxylic acid groups (broad SMARTS) is 1. The zero-order valence-electron chi connectivity index (χ0n) is 9.33. The lowest BCUT2D eigenvalue weighted by Gasteiger charge is -2.06. The number of benzene rings is 1. The van der Waals surface area contributed by atoms with E-state index in [9.17, 15) is 13.2 Å². The summed E-state index contributed by atoms with van der Waals surface area (Å²) in [4.78, 5) is 10.7. The maximum Gasteiger partial charge on any atom is 0.335 e. The second-order valence-electron chi connectivity index (χ2n) is 3.79. The SMILES string of the molecule is CC(O)CCS(=O)(=O)c1ccc(C(=O)O)cc1. The van der Waals surface area contributed by atoms with Gasteiger partial charge in [0.2, 0.25) is 0 Å². The highest BCUT2D eigenvalue weighted by molar-refractivity contribution is 7.91. The van der Waals surface area contributed by atoms with Crippen LogP contribution in [0, 0.1) is 0 Å². The summed E-state index contributed by atoms with van der Waals surface area (Å²) in [5.41, 5.74) is 0.0412. The molecule has 0 aromatic heterocycles. The standard InChI is InChI=1S/C11H14O5S/c1-8(12)6-7-17(15,16)10-4-2-9(3-5-10)11(13)14/h2-5,8,12H,6-7H2,1H3,(H,13,14). The average molecular weight is 258 g/mol. The number of carbonyl (C=O) groups is 1. The van der Waals surface area contributed by atoms with Gasteiger partial charge < -0.3 is 10.2 Å². The molecule has 0 heterocycles. The van der Waals surface area contributed by atoms with Crippen LogP contribution in [0.2, 0.25) is 0 Å². The molecule has 0 saturated heterocycles. The van der Waals surface area contributed by atoms with Crippen LogP contribution in [-0.4, -0.2) is 36.5 Å². The molecule has 1 unspecified atom stereocenters. The van der Waals surface area contributed by atoms with Gasteiger partial charge in [-0.05, 0) is 37.6 Å². The van der Waals surface area contributed by atoms with Gasteiger partial charge in [-0.1, -0.05) is 0 Å². The van der Waals surface area contributed by atoms with Crippen LogP contribution in [0.25, 0.3) is 0 Å². The molecular weight excluding hydrogens is 244 g/mol. The number of hydrogen-bond donors (Lipinski definition) is 2. The molecule has 0 spiro atoms. The first-order chi connectivity index (χ1) is 7.83. The first-order valence-corrected chi connectivity index (χ1v) is 6.72. The van der Waals surface area contributed by atoms with E-state index in [0.29, 0.717) is 0 Å². The smallest absolute Gasteiger partial charge is 0.335 e. The van der Waals surface area contributed by atoms with Gasteiger partial charge in [0.15, 0.2) is 9.84 Å². The zero-order valence-corrected chi connectivity index (χ0v) is 10.1. The molecule has 0 aliphatic rings. The third kappa shape index (κ3) is 3.83. The van der Waals surface area contributed by atoms with Crippen molar-refractivity contribution in [3.05, 3.63) is 29.8 Å². The summed E-state index contributed by atoms with van der Waals surface area (Å²) in [6.45, 7) is 1.52. The molecule has 6 heteroatoms. The Kier molecular flexibility index (Phi) is 4.25. The van der Waals surface area contributed by atoms with Crippen LogP contribution in [-0.2, 0) is 9.84 Å². The second kappa shape index (κ2) is 5.29. The summed E-state index contributed by atoms with van der Waals surface area (Å²) in [5.74, 6) is -1.25. The topological polar surface area (TPSA) is 91.7 Å². The summed E-state index contributed by atoms with van der Waals surface area (Å²) < 4.78 is 23.5. The molecule has 0 saturated carbocycles. The quantitative estimate of drug-likeness (QED) is 0.819. The number of sulfone groups is 1. The van der Waals surface area contributed by atoms with Crippen molar-refractivity contribution in [2.45, 2.75) is 24.3 Å². The largest absolute Gasteiger partial charge is 0.478 e. The molecule has 1 rings (SSSR count). The molecule has 17 heavy (non-hydrogen) atoms. The summed E-state index contributed by atoms with van der Waals surface area (Å²) in [5, 5.41) is 17.7. The Morgan fingerprint density at radius 1 is 1.29 bits per heavy atom. The minimum absolute atomic E-state index is 0.0412. The van der Waals surface area contributed by atoms with Crippen molar-refractivity contribution in [2.75, 3.05) is 5.75 Å². The van der Waals surface area contributed by atoms with Crippen LogP contribution in [0.4, 0.5) is 0 Å². The minimum Gasteiger partial charge on any atom is -0.478 e. The molecule has 94 valence electrons. The number of hydrogen-bond acceptors (Lipinski definition) is 4. The third-order valence-electron chi connectivity index (χ3n) is 2.26. The van der Waals surface area contributed by atoms with Gasteiger partial charge in [0, 0.05) is 0 Å². The Morgan fingerprint density at radius 3 is 2.24 bits per heavy atom. The van der Waals surface area contributed by atoms with Crippen LogP contribution in [0.15, 0.2) is 29.2 Å². The maximum atomic E-state index is 11.8. The molecule has 0 aliphatic carbocycles. The fourth-order valence-corrected chi connectivity index (χ4v) is 2.69. The monoisotopic (exact) mass is 258 g/mol. The first kappa shape index (κ1) is 13.7. The highest BCUT2D eigenvalue weighted by Gasteiger charge is 2.15. The van der Waals surface area contributed by atoms with E-state index < -0.39 is 21.9 Å². The normalized spacial score (nSPS) is 13.3. The van der Waals surface area contributed by atoms with Gasteiger partial charge in [-0.15, -0.1) is 0 Å². The maximum absolute atomic E-state index is 11.8. The molecule has 1 aromatic carbocycles. The van der Waals surface area contributed by atoms with E-state index in [-0.39, 0.29) is 22.6 Å². The van der Waals surface area contributed by atoms with Crippen molar-refractivity contribution in [2.24, 2.45) is 0 Å². The van der Waals surface area contributed by atoms with Gasteiger partial charge in [-0.25, -0.2) is 13.2 Å². The molecule has 0 bridgehead atoms. The Balaban J connectivity index is 2.89. The Hall–Kier alpha value is -1.40. The predicted octanol–water partition coefficient (Wildman–Crippen LogP) is 0.929. The molecular formula is C11H14O5S. The van der Waals surface area contributed by atoms with Gasteiger partial charge in [0.05, 0.1) is 22.3 Å². The van der Waals surface area contributed by atoms with E-state index >= 15 is 0 Å². The van der Waals surface area contributed by atoms with Crippen LogP contribution in [0.5, 0.6) is 0 Å². The highest BCUT2D eigenvalue weighted by atomic mass is 32.2. The summed E-state index contributed by atoms with van der Waals surface area (Å²) >= 11 is 0. The van der Waals surface area contributed by atoms with Crippen molar-refractivity contribution in [1.29, 1.82) is 0 Å². The Morgan fingerprint density at radius 2 is 1.82 bits per heavy atom. The van der Waals surface area contributed by atoms with Crippen molar-refractivity contribution in [3.63, 3.8) is 0 Å². The molecule has 5 nitrogen and oxygen atoms in total. The molecule has 2 N–H and O–H groups in total. The van der Waals surface area contributed by atoms with Crippen molar-refractivity contribution in [3.8, 4) is 0 Å². The van der Waals surface area contributed by atoms with Crippen LogP contribution < -0.4 is 0 Å². The van der Waals surface area contributed by atoms with Crippen LogP contribution in [0.3, 0.4) is 0 Å². The number of aliphatic hydroxyl groups is 1. The molecule has 0 amide bonds. The second-order valence-corrected chi connectivity index (χ2v) is 5.90. The first-order valence-electron chi connectivity index (χ1n) is 5.07. The lowest BCUT2D eigenvalue weighted by Crippen LogP contribution is -2.12. The molecule has 0 radical (unpaired) electrons. The van der Waals surface area contributed by atoms with Crippen LogP contribution >= 0.6 is 0 Å². The predicted molar refractivity (Wildman–Crippen MR) is 61.8 cm³/mol. The van der Waals surface area contributed by atoms with Gasteiger partial charge in [0.25, 0.3) is 0 Å². The van der Waals surface area contributed by atoms with E-state index in [0.717, 1.165) is 0 Å². The Labute approximate surface area is 99.6 Å². The zero-order chi connectivity index (χ0) is 13.1. The van der Waals surface area contributed by atoms with Gasteiger partial charge in [0.1, 0.15) is 0 Å². The van der Waals surface area contributed by atoms with E-state index in [1.807, 2.05) is 0 Å². The number of carboxylic acids is 1. The average Bonchev–Trinajstić information content (AvgIpc) is 2.27. The summed E-state index contributed by atoms with van der Waals surface area (Å²) in [6.07, 6.45) is -0.522. The van der Waals surface area contributed by atoms with Crippen molar-refractivity contribution in [1.82, 2.24) is 0 Å². The fourth-order valence-electron chi connectivity index (χ4n) is 1.25. The van der Waals surface area contributed by atoms with Gasteiger partial charge in [-0.3, -0.25) is 0 Å². The molecule has 0 aliphatic heterocycles. The number of aliphatic hydroxyl groups excluding tert-OH is 1. The Bertz CT molecular complexity index is 487. The third-order valence-corrected chi connectivity index (χ3v) is 4.03. The fraction of sp³-hybridized carbons (Fsp3) is 0.364. The van der Waals surface area contributed by atoms with E-state index in [1.54, 1.807) is 0 Å². The number of aromatic carboxylic acids is 1.